The second kappa shape index (κ2) is 10.6. The van der Waals surface area contributed by atoms with Crippen LogP contribution in [0.2, 0.25) is 0 Å². The predicted molar refractivity (Wildman–Crippen MR) is 88.4 cm³/mol. The van der Waals surface area contributed by atoms with E-state index in [0.29, 0.717) is 17.8 Å². The molecule has 2 nitrogen and oxygen atoms in total. The zero-order chi connectivity index (χ0) is 29.2. The Kier molecular flexibility index (Phi) is 10.1. The summed E-state index contributed by atoms with van der Waals surface area (Å²) in [7, 11) is 0. The fourth-order valence-electron chi connectivity index (χ4n) is 2.11. The first kappa shape index (κ1) is 34.4. The van der Waals surface area contributed by atoms with Crippen molar-refractivity contribution in [3.05, 3.63) is 12.7 Å². The molecule has 0 rings (SSSR count). The SMILES string of the molecule is C=CC(=O)OCCSCCCC(F)(F)C(F)(F)C(F)(F)C(F)(F)C(F)(F)C(F)(F)C(F)(F)C(F)(F)F. The number of carbonyl (C=O) groups is 1. The van der Waals surface area contributed by atoms with Crippen LogP contribution in [0.5, 0.6) is 0 Å². The van der Waals surface area contributed by atoms with Gasteiger partial charge in [-0.25, -0.2) is 4.79 Å². The molecule has 0 aromatic carbocycles. The molecule has 0 aromatic rings. The van der Waals surface area contributed by atoms with Gasteiger partial charge in [-0.2, -0.15) is 86.4 Å². The van der Waals surface area contributed by atoms with Crippen LogP contribution < -0.4 is 0 Å². The van der Waals surface area contributed by atoms with Crippen LogP contribution in [0.1, 0.15) is 12.8 Å². The third kappa shape index (κ3) is 5.76. The molecule has 0 aromatic heterocycles. The fraction of sp³-hybridized carbons (Fsp3) is 0.812. The third-order valence-corrected chi connectivity index (χ3v) is 5.24. The molecule has 0 N–H and O–H groups in total. The highest BCUT2D eigenvalue weighted by molar-refractivity contribution is 7.99. The summed E-state index contributed by atoms with van der Waals surface area (Å²) in [6.45, 7) is 2.61. The average molecular weight is 592 g/mol. The lowest BCUT2D eigenvalue weighted by Crippen LogP contribution is -2.74. The Labute approximate surface area is 194 Å². The number of halogens is 17. The summed E-state index contributed by atoms with van der Waals surface area (Å²) >= 11 is 0.548. The highest BCUT2D eigenvalue weighted by Gasteiger charge is 2.95. The highest BCUT2D eigenvalue weighted by Crippen LogP contribution is 2.64. The Bertz CT molecular complexity index is 775. The van der Waals surface area contributed by atoms with E-state index in [1.54, 1.807) is 0 Å². The van der Waals surface area contributed by atoms with E-state index in [0.717, 1.165) is 0 Å². The van der Waals surface area contributed by atoms with E-state index in [2.05, 4.69) is 11.3 Å². The molecule has 0 aliphatic rings. The van der Waals surface area contributed by atoms with Gasteiger partial charge in [0.1, 0.15) is 6.61 Å². The number of carbonyl (C=O) groups excluding carboxylic acids is 1. The number of thioether (sulfide) groups is 1. The summed E-state index contributed by atoms with van der Waals surface area (Å²) in [6.07, 6.45) is -10.8. The third-order valence-electron chi connectivity index (χ3n) is 4.21. The molecule has 0 bridgehead atoms. The predicted octanol–water partition coefficient (Wildman–Crippen LogP) is 7.24. The number of alkyl halides is 17. The molecular weight excluding hydrogens is 579 g/mol. The minimum Gasteiger partial charge on any atom is -0.462 e. The molecule has 0 unspecified atom stereocenters. The Morgan fingerprint density at radius 2 is 1.03 bits per heavy atom. The van der Waals surface area contributed by atoms with Crippen LogP contribution in [-0.4, -0.2) is 71.7 Å². The second-order valence-corrected chi connectivity index (χ2v) is 7.96. The van der Waals surface area contributed by atoms with Crippen molar-refractivity contribution in [3.8, 4) is 0 Å². The molecule has 0 fully saturated rings. The minimum atomic E-state index is -8.62. The topological polar surface area (TPSA) is 26.3 Å². The van der Waals surface area contributed by atoms with Gasteiger partial charge in [-0.15, -0.1) is 0 Å². The highest BCUT2D eigenvalue weighted by atomic mass is 32.2. The van der Waals surface area contributed by atoms with Crippen LogP contribution in [-0.2, 0) is 9.53 Å². The Balaban J connectivity index is 5.81. The van der Waals surface area contributed by atoms with Gasteiger partial charge >= 0.3 is 53.6 Å². The molecule has 0 spiro atoms. The first-order valence-electron chi connectivity index (χ1n) is 8.79. The van der Waals surface area contributed by atoms with E-state index in [1.165, 1.54) is 0 Å². The molecule has 214 valence electrons. The fourth-order valence-corrected chi connectivity index (χ4v) is 2.87. The summed E-state index contributed by atoms with van der Waals surface area (Å²) in [5.74, 6) is -58.0. The lowest BCUT2D eigenvalue weighted by molar-refractivity contribution is -0.461. The maximum absolute atomic E-state index is 13.6. The van der Waals surface area contributed by atoms with Crippen molar-refractivity contribution in [2.45, 2.75) is 60.5 Å². The van der Waals surface area contributed by atoms with Crippen LogP contribution in [0.3, 0.4) is 0 Å². The molecule has 36 heavy (non-hydrogen) atoms. The maximum atomic E-state index is 13.6. The van der Waals surface area contributed by atoms with Crippen molar-refractivity contribution in [2.24, 2.45) is 0 Å². The molecule has 0 aliphatic carbocycles. The Hall–Kier alpha value is -1.63. The van der Waals surface area contributed by atoms with Gasteiger partial charge in [-0.1, -0.05) is 6.58 Å². The smallest absolute Gasteiger partial charge is 0.460 e. The van der Waals surface area contributed by atoms with E-state index >= 15 is 0 Å². The lowest BCUT2D eigenvalue weighted by Gasteiger charge is -2.42. The largest absolute Gasteiger partial charge is 0.462 e. The van der Waals surface area contributed by atoms with Crippen LogP contribution in [0, 0.1) is 0 Å². The van der Waals surface area contributed by atoms with Crippen molar-refractivity contribution in [1.82, 2.24) is 0 Å². The summed E-state index contributed by atoms with van der Waals surface area (Å²) in [4.78, 5) is 10.7. The van der Waals surface area contributed by atoms with Crippen molar-refractivity contribution < 1.29 is 84.2 Å². The van der Waals surface area contributed by atoms with Crippen molar-refractivity contribution in [1.29, 1.82) is 0 Å². The number of rotatable bonds is 14. The van der Waals surface area contributed by atoms with Gasteiger partial charge in [0.15, 0.2) is 0 Å². The van der Waals surface area contributed by atoms with Crippen LogP contribution in [0.15, 0.2) is 12.7 Å². The molecule has 0 aliphatic heterocycles. The first-order valence-corrected chi connectivity index (χ1v) is 9.94. The summed E-state index contributed by atoms with van der Waals surface area (Å²) < 4.78 is 227. The van der Waals surface area contributed by atoms with Crippen LogP contribution in [0.25, 0.3) is 0 Å². The van der Waals surface area contributed by atoms with Gasteiger partial charge in [-0.05, 0) is 12.2 Å². The van der Waals surface area contributed by atoms with E-state index in [9.17, 15) is 79.4 Å². The van der Waals surface area contributed by atoms with Crippen molar-refractivity contribution in [3.63, 3.8) is 0 Å². The molecule has 20 heteroatoms. The van der Waals surface area contributed by atoms with E-state index in [1.807, 2.05) is 0 Å². The Morgan fingerprint density at radius 1 is 0.639 bits per heavy atom. The average Bonchev–Trinajstić information content (AvgIpc) is 2.70. The molecular formula is C16H13F17O2S. The molecule has 0 heterocycles. The van der Waals surface area contributed by atoms with E-state index < -0.39 is 78.8 Å². The lowest BCUT2D eigenvalue weighted by atomic mass is 9.88. The molecule has 0 radical (unpaired) electrons. The summed E-state index contributed by atoms with van der Waals surface area (Å²) in [6, 6.07) is 0. The minimum absolute atomic E-state index is 0.204. The van der Waals surface area contributed by atoms with Gasteiger partial charge in [0.05, 0.1) is 0 Å². The number of hydrogen-bond acceptors (Lipinski definition) is 3. The summed E-state index contributed by atoms with van der Waals surface area (Å²) in [5, 5.41) is 0. The zero-order valence-corrected chi connectivity index (χ0v) is 17.8. The summed E-state index contributed by atoms with van der Waals surface area (Å²) in [5.41, 5.74) is 0. The van der Waals surface area contributed by atoms with Crippen LogP contribution in [0.4, 0.5) is 74.6 Å². The standard InChI is InChI=1S/C16H13F17O2S/c1-2-8(34)35-5-7-36-6-3-4-9(17,18)10(19,20)11(21,22)12(23,24)13(25,26)14(27,28)15(29,30)16(31,32)33/h2H,1,3-7H2. The van der Waals surface area contributed by atoms with Gasteiger partial charge in [0.25, 0.3) is 0 Å². The van der Waals surface area contributed by atoms with Gasteiger partial charge in [-0.3, -0.25) is 0 Å². The van der Waals surface area contributed by atoms with E-state index in [-0.39, 0.29) is 5.75 Å². The van der Waals surface area contributed by atoms with Gasteiger partial charge in [0.2, 0.25) is 0 Å². The first-order chi connectivity index (χ1) is 15.7. The molecule has 0 saturated heterocycles. The monoisotopic (exact) mass is 592 g/mol. The molecule has 0 amide bonds. The van der Waals surface area contributed by atoms with E-state index in [4.69, 9.17) is 0 Å². The number of ether oxygens (including phenoxy) is 1. The number of esters is 1. The van der Waals surface area contributed by atoms with Crippen molar-refractivity contribution in [2.75, 3.05) is 18.1 Å². The molecule has 0 saturated carbocycles. The quantitative estimate of drug-likeness (QED) is 0.0922. The van der Waals surface area contributed by atoms with Crippen molar-refractivity contribution >= 4 is 17.7 Å². The Morgan fingerprint density at radius 3 is 1.42 bits per heavy atom. The zero-order valence-electron chi connectivity index (χ0n) is 17.0. The second-order valence-electron chi connectivity index (χ2n) is 6.74. The molecule has 0 atom stereocenters. The van der Waals surface area contributed by atoms with Gasteiger partial charge < -0.3 is 4.74 Å². The van der Waals surface area contributed by atoms with Gasteiger partial charge in [0, 0.05) is 18.2 Å². The van der Waals surface area contributed by atoms with Crippen LogP contribution >= 0.6 is 11.8 Å². The maximum Gasteiger partial charge on any atom is 0.460 e. The number of hydrogen-bond donors (Lipinski definition) is 0. The normalized spacial score (nSPS) is 15.1.